The average Bonchev–Trinajstić information content (AvgIpc) is 2.61. The molecule has 0 amide bonds. The van der Waals surface area contributed by atoms with Gasteiger partial charge in [0.25, 0.3) is 0 Å². The summed E-state index contributed by atoms with van der Waals surface area (Å²) in [6, 6.07) is 4.25. The largest absolute Gasteiger partial charge is 0.364 e. The monoisotopic (exact) mass is 168 g/mol. The quantitative estimate of drug-likeness (QED) is 0.632. The van der Waals surface area contributed by atoms with Gasteiger partial charge in [0.05, 0.1) is 6.10 Å². The molecular formula is C9H12OS. The minimum Gasteiger partial charge on any atom is -0.364 e. The standard InChI is InChI=1S/C9H12OS/c1-2-4-7-9(10-7)8-5-3-6-11-8/h3,5-7,9H,2,4H2,1H3/t7-,9-/m0/s1. The maximum atomic E-state index is 5.51. The van der Waals surface area contributed by atoms with Crippen LogP contribution in [-0.2, 0) is 4.74 Å². The van der Waals surface area contributed by atoms with E-state index in [1.165, 1.54) is 17.7 Å². The number of epoxide rings is 1. The Bertz CT molecular complexity index is 217. The molecule has 0 N–H and O–H groups in total. The third-order valence-electron chi connectivity index (χ3n) is 1.98. The lowest BCUT2D eigenvalue weighted by molar-refractivity contribution is 0.366. The summed E-state index contributed by atoms with van der Waals surface area (Å²) in [7, 11) is 0. The summed E-state index contributed by atoms with van der Waals surface area (Å²) >= 11 is 1.80. The van der Waals surface area contributed by atoms with Gasteiger partial charge in [0.2, 0.25) is 0 Å². The topological polar surface area (TPSA) is 12.5 Å². The van der Waals surface area contributed by atoms with Crippen molar-refractivity contribution in [3.63, 3.8) is 0 Å². The summed E-state index contributed by atoms with van der Waals surface area (Å²) in [4.78, 5) is 1.39. The SMILES string of the molecule is CCC[C@@H]1O[C@@H]1c1cccs1. The maximum absolute atomic E-state index is 5.51. The summed E-state index contributed by atoms with van der Waals surface area (Å²) < 4.78 is 5.51. The summed E-state index contributed by atoms with van der Waals surface area (Å²) in [5.41, 5.74) is 0. The van der Waals surface area contributed by atoms with Crippen molar-refractivity contribution in [2.24, 2.45) is 0 Å². The van der Waals surface area contributed by atoms with Crippen LogP contribution in [0.1, 0.15) is 30.7 Å². The lowest BCUT2D eigenvalue weighted by atomic mass is 10.2. The fourth-order valence-electron chi connectivity index (χ4n) is 1.35. The Labute approximate surface area is 71.0 Å². The van der Waals surface area contributed by atoms with Crippen molar-refractivity contribution < 1.29 is 4.74 Å². The highest BCUT2D eigenvalue weighted by molar-refractivity contribution is 7.10. The van der Waals surface area contributed by atoms with Crippen molar-refractivity contribution in [3.05, 3.63) is 22.4 Å². The van der Waals surface area contributed by atoms with Crippen LogP contribution in [0.15, 0.2) is 17.5 Å². The molecule has 0 radical (unpaired) electrons. The van der Waals surface area contributed by atoms with Gasteiger partial charge in [-0.05, 0) is 17.9 Å². The molecular weight excluding hydrogens is 156 g/mol. The Morgan fingerprint density at radius 2 is 2.55 bits per heavy atom. The predicted molar refractivity (Wildman–Crippen MR) is 46.8 cm³/mol. The van der Waals surface area contributed by atoms with Gasteiger partial charge in [-0.25, -0.2) is 0 Å². The molecule has 1 aliphatic rings. The molecule has 0 aliphatic carbocycles. The number of ether oxygens (including phenoxy) is 1. The van der Waals surface area contributed by atoms with Gasteiger partial charge < -0.3 is 4.74 Å². The van der Waals surface area contributed by atoms with Gasteiger partial charge in [-0.15, -0.1) is 11.3 Å². The van der Waals surface area contributed by atoms with E-state index >= 15 is 0 Å². The molecule has 0 unspecified atom stereocenters. The van der Waals surface area contributed by atoms with Crippen LogP contribution >= 0.6 is 11.3 Å². The minimum absolute atomic E-state index is 0.440. The van der Waals surface area contributed by atoms with Crippen molar-refractivity contribution in [2.75, 3.05) is 0 Å². The molecule has 1 nitrogen and oxygen atoms in total. The molecule has 1 aromatic heterocycles. The highest BCUT2D eigenvalue weighted by Crippen LogP contribution is 2.43. The highest BCUT2D eigenvalue weighted by Gasteiger charge is 2.39. The van der Waals surface area contributed by atoms with E-state index in [9.17, 15) is 0 Å². The van der Waals surface area contributed by atoms with Gasteiger partial charge in [-0.2, -0.15) is 0 Å². The van der Waals surface area contributed by atoms with E-state index in [-0.39, 0.29) is 0 Å². The first-order valence-corrected chi connectivity index (χ1v) is 4.98. The number of thiophene rings is 1. The molecule has 0 bridgehead atoms. The van der Waals surface area contributed by atoms with Crippen molar-refractivity contribution >= 4 is 11.3 Å². The van der Waals surface area contributed by atoms with Gasteiger partial charge >= 0.3 is 0 Å². The lowest BCUT2D eigenvalue weighted by Gasteiger charge is -1.86. The van der Waals surface area contributed by atoms with Crippen molar-refractivity contribution in [3.8, 4) is 0 Å². The van der Waals surface area contributed by atoms with Crippen LogP contribution in [0.3, 0.4) is 0 Å². The molecule has 60 valence electrons. The highest BCUT2D eigenvalue weighted by atomic mass is 32.1. The zero-order valence-electron chi connectivity index (χ0n) is 6.62. The van der Waals surface area contributed by atoms with Crippen LogP contribution in [0.4, 0.5) is 0 Å². The van der Waals surface area contributed by atoms with Crippen molar-refractivity contribution in [2.45, 2.75) is 32.0 Å². The van der Waals surface area contributed by atoms with E-state index in [0.717, 1.165) is 0 Å². The van der Waals surface area contributed by atoms with Gasteiger partial charge in [-0.3, -0.25) is 0 Å². The van der Waals surface area contributed by atoms with Crippen LogP contribution in [-0.4, -0.2) is 6.10 Å². The number of hydrogen-bond donors (Lipinski definition) is 0. The third kappa shape index (κ3) is 1.47. The summed E-state index contributed by atoms with van der Waals surface area (Å²) in [5.74, 6) is 0. The molecule has 11 heavy (non-hydrogen) atoms. The Kier molecular flexibility index (Phi) is 1.96. The van der Waals surface area contributed by atoms with Gasteiger partial charge in [0.15, 0.2) is 0 Å². The van der Waals surface area contributed by atoms with E-state index in [1.807, 2.05) is 0 Å². The second-order valence-electron chi connectivity index (χ2n) is 2.90. The van der Waals surface area contributed by atoms with E-state index in [4.69, 9.17) is 4.74 Å². The van der Waals surface area contributed by atoms with E-state index in [0.29, 0.717) is 12.2 Å². The molecule has 0 spiro atoms. The Hall–Kier alpha value is -0.340. The van der Waals surface area contributed by atoms with E-state index < -0.39 is 0 Å². The molecule has 1 fully saturated rings. The molecule has 2 atom stereocenters. The first-order chi connectivity index (χ1) is 5.42. The summed E-state index contributed by atoms with van der Waals surface area (Å²) in [6.07, 6.45) is 3.41. The maximum Gasteiger partial charge on any atom is 0.118 e. The van der Waals surface area contributed by atoms with Crippen molar-refractivity contribution in [1.82, 2.24) is 0 Å². The van der Waals surface area contributed by atoms with Gasteiger partial charge in [0.1, 0.15) is 6.10 Å². The Morgan fingerprint density at radius 1 is 1.64 bits per heavy atom. The predicted octanol–water partition coefficient (Wildman–Crippen LogP) is 2.99. The average molecular weight is 168 g/mol. The molecule has 1 saturated heterocycles. The zero-order chi connectivity index (χ0) is 7.68. The fraction of sp³-hybridized carbons (Fsp3) is 0.556. The van der Waals surface area contributed by atoms with Gasteiger partial charge in [0, 0.05) is 4.88 Å². The van der Waals surface area contributed by atoms with E-state index in [1.54, 1.807) is 11.3 Å². The third-order valence-corrected chi connectivity index (χ3v) is 2.91. The lowest BCUT2D eigenvalue weighted by Crippen LogP contribution is -1.84. The molecule has 1 aromatic rings. The Balaban J connectivity index is 1.92. The van der Waals surface area contributed by atoms with Crippen LogP contribution in [0, 0.1) is 0 Å². The van der Waals surface area contributed by atoms with Crippen LogP contribution < -0.4 is 0 Å². The molecule has 1 aliphatic heterocycles. The van der Waals surface area contributed by atoms with Crippen LogP contribution in [0.25, 0.3) is 0 Å². The Morgan fingerprint density at radius 3 is 3.18 bits per heavy atom. The summed E-state index contributed by atoms with van der Waals surface area (Å²) in [6.45, 7) is 2.20. The first-order valence-electron chi connectivity index (χ1n) is 4.10. The normalized spacial score (nSPS) is 28.8. The molecule has 2 heterocycles. The first kappa shape index (κ1) is 7.32. The fourth-order valence-corrected chi connectivity index (χ4v) is 2.16. The van der Waals surface area contributed by atoms with Gasteiger partial charge in [-0.1, -0.05) is 19.4 Å². The van der Waals surface area contributed by atoms with Crippen molar-refractivity contribution in [1.29, 1.82) is 0 Å². The molecule has 2 heteroatoms. The zero-order valence-corrected chi connectivity index (χ0v) is 7.43. The molecule has 2 rings (SSSR count). The summed E-state index contributed by atoms with van der Waals surface area (Å²) in [5, 5.41) is 2.11. The van der Waals surface area contributed by atoms with E-state index in [2.05, 4.69) is 24.4 Å². The number of rotatable bonds is 3. The number of hydrogen-bond acceptors (Lipinski definition) is 2. The second kappa shape index (κ2) is 2.95. The smallest absolute Gasteiger partial charge is 0.118 e. The van der Waals surface area contributed by atoms with Crippen LogP contribution in [0.5, 0.6) is 0 Å². The second-order valence-corrected chi connectivity index (χ2v) is 3.88. The van der Waals surface area contributed by atoms with Crippen LogP contribution in [0.2, 0.25) is 0 Å². The molecule has 0 saturated carbocycles. The molecule has 0 aromatic carbocycles. The minimum atomic E-state index is 0.440.